The molecule has 88 valence electrons. The molecule has 1 heterocycles. The van der Waals surface area contributed by atoms with Crippen LogP contribution in [0.3, 0.4) is 0 Å². The molecule has 2 N–H and O–H groups in total. The second-order valence-corrected chi connectivity index (χ2v) is 4.31. The molecule has 0 atom stereocenters. The fourth-order valence-corrected chi connectivity index (χ4v) is 1.83. The van der Waals surface area contributed by atoms with Gasteiger partial charge in [-0.3, -0.25) is 0 Å². The number of thiocarbonyl (C=S) groups is 1. The molecule has 17 heavy (non-hydrogen) atoms. The van der Waals surface area contributed by atoms with Gasteiger partial charge in [0, 0.05) is 11.3 Å². The third-order valence-electron chi connectivity index (χ3n) is 2.47. The SMILES string of the molecule is Cc1cc(C)n(-c2ccc(C(N)=S)cc2F)n1. The Labute approximate surface area is 104 Å². The zero-order chi connectivity index (χ0) is 12.6. The maximum absolute atomic E-state index is 13.9. The number of halogens is 1. The molecule has 3 nitrogen and oxygen atoms in total. The van der Waals surface area contributed by atoms with Crippen molar-refractivity contribution < 1.29 is 4.39 Å². The average molecular weight is 249 g/mol. The van der Waals surface area contributed by atoms with Crippen molar-refractivity contribution in [3.63, 3.8) is 0 Å². The van der Waals surface area contributed by atoms with Gasteiger partial charge in [0.25, 0.3) is 0 Å². The van der Waals surface area contributed by atoms with E-state index in [9.17, 15) is 4.39 Å². The summed E-state index contributed by atoms with van der Waals surface area (Å²) >= 11 is 4.80. The minimum absolute atomic E-state index is 0.184. The number of aryl methyl sites for hydroxylation is 2. The van der Waals surface area contributed by atoms with Crippen LogP contribution in [-0.2, 0) is 0 Å². The number of benzene rings is 1. The Morgan fingerprint density at radius 3 is 2.53 bits per heavy atom. The number of hydrogen-bond acceptors (Lipinski definition) is 2. The number of aromatic nitrogens is 2. The van der Waals surface area contributed by atoms with E-state index in [2.05, 4.69) is 5.10 Å². The molecule has 0 aliphatic rings. The van der Waals surface area contributed by atoms with Gasteiger partial charge in [0.2, 0.25) is 0 Å². The predicted molar refractivity (Wildman–Crippen MR) is 68.9 cm³/mol. The molecule has 5 heteroatoms. The summed E-state index contributed by atoms with van der Waals surface area (Å²) in [5.41, 5.74) is 8.09. The molecule has 0 bridgehead atoms. The highest BCUT2D eigenvalue weighted by Gasteiger charge is 2.10. The summed E-state index contributed by atoms with van der Waals surface area (Å²) < 4.78 is 15.5. The van der Waals surface area contributed by atoms with Gasteiger partial charge in [-0.05, 0) is 38.1 Å². The molecule has 0 amide bonds. The Kier molecular flexibility index (Phi) is 2.93. The summed E-state index contributed by atoms with van der Waals surface area (Å²) in [6.45, 7) is 3.74. The van der Waals surface area contributed by atoms with Gasteiger partial charge in [-0.15, -0.1) is 0 Å². The smallest absolute Gasteiger partial charge is 0.149 e. The number of rotatable bonds is 2. The van der Waals surface area contributed by atoms with E-state index in [1.54, 1.807) is 16.8 Å². The van der Waals surface area contributed by atoms with Crippen LogP contribution in [0.5, 0.6) is 0 Å². The molecule has 1 aromatic carbocycles. The van der Waals surface area contributed by atoms with E-state index in [4.69, 9.17) is 18.0 Å². The monoisotopic (exact) mass is 249 g/mol. The zero-order valence-electron chi connectivity index (χ0n) is 9.57. The lowest BCUT2D eigenvalue weighted by Crippen LogP contribution is -2.11. The first kappa shape index (κ1) is 11.7. The van der Waals surface area contributed by atoms with Crippen LogP contribution in [-0.4, -0.2) is 14.8 Å². The minimum atomic E-state index is -0.387. The van der Waals surface area contributed by atoms with E-state index in [1.807, 2.05) is 19.9 Å². The van der Waals surface area contributed by atoms with Gasteiger partial charge in [-0.1, -0.05) is 12.2 Å². The molecule has 2 aromatic rings. The average Bonchev–Trinajstić information content (AvgIpc) is 2.57. The first-order valence-electron chi connectivity index (χ1n) is 5.12. The van der Waals surface area contributed by atoms with E-state index in [-0.39, 0.29) is 10.8 Å². The van der Waals surface area contributed by atoms with E-state index < -0.39 is 0 Å². The van der Waals surface area contributed by atoms with Crippen LogP contribution < -0.4 is 5.73 Å². The van der Waals surface area contributed by atoms with Crippen LogP contribution in [0.25, 0.3) is 5.69 Å². The fourth-order valence-electron chi connectivity index (χ4n) is 1.70. The highest BCUT2D eigenvalue weighted by atomic mass is 32.1. The Morgan fingerprint density at radius 2 is 2.06 bits per heavy atom. The molecule has 0 aliphatic carbocycles. The molecule has 1 aromatic heterocycles. The topological polar surface area (TPSA) is 43.8 Å². The van der Waals surface area contributed by atoms with Crippen molar-refractivity contribution in [3.05, 3.63) is 47.0 Å². The Morgan fingerprint density at radius 1 is 1.35 bits per heavy atom. The summed E-state index contributed by atoms with van der Waals surface area (Å²) in [5, 5.41) is 4.23. The minimum Gasteiger partial charge on any atom is -0.389 e. The fraction of sp³-hybridized carbons (Fsp3) is 0.167. The van der Waals surface area contributed by atoms with Crippen molar-refractivity contribution >= 4 is 17.2 Å². The van der Waals surface area contributed by atoms with E-state index in [0.717, 1.165) is 11.4 Å². The second kappa shape index (κ2) is 4.25. The van der Waals surface area contributed by atoms with Gasteiger partial charge in [-0.2, -0.15) is 5.10 Å². The largest absolute Gasteiger partial charge is 0.389 e. The van der Waals surface area contributed by atoms with E-state index in [0.29, 0.717) is 11.3 Å². The molecule has 0 saturated heterocycles. The first-order valence-corrected chi connectivity index (χ1v) is 5.53. The highest BCUT2D eigenvalue weighted by Crippen LogP contribution is 2.17. The summed E-state index contributed by atoms with van der Waals surface area (Å²) in [6, 6.07) is 6.54. The van der Waals surface area contributed by atoms with Gasteiger partial charge in [0.1, 0.15) is 16.5 Å². The number of nitrogens with two attached hydrogens (primary N) is 1. The third-order valence-corrected chi connectivity index (χ3v) is 2.71. The third kappa shape index (κ3) is 2.19. The number of hydrogen-bond donors (Lipinski definition) is 1. The van der Waals surface area contributed by atoms with Crippen molar-refractivity contribution in [3.8, 4) is 5.69 Å². The lowest BCUT2D eigenvalue weighted by molar-refractivity contribution is 0.607. The normalized spacial score (nSPS) is 10.5. The predicted octanol–water partition coefficient (Wildman–Crippen LogP) is 2.26. The lowest BCUT2D eigenvalue weighted by atomic mass is 10.2. The van der Waals surface area contributed by atoms with Gasteiger partial charge >= 0.3 is 0 Å². The van der Waals surface area contributed by atoms with Crippen molar-refractivity contribution in [2.45, 2.75) is 13.8 Å². The zero-order valence-corrected chi connectivity index (χ0v) is 10.4. The first-order chi connectivity index (χ1) is 7.99. The Hall–Kier alpha value is -1.75. The van der Waals surface area contributed by atoms with Crippen molar-refractivity contribution in [2.75, 3.05) is 0 Å². The lowest BCUT2D eigenvalue weighted by Gasteiger charge is -2.07. The van der Waals surface area contributed by atoms with E-state index >= 15 is 0 Å². The van der Waals surface area contributed by atoms with Gasteiger partial charge in [0.05, 0.1) is 5.69 Å². The van der Waals surface area contributed by atoms with Gasteiger partial charge in [-0.25, -0.2) is 9.07 Å². The quantitative estimate of drug-likeness (QED) is 0.830. The molecule has 2 rings (SSSR count). The van der Waals surface area contributed by atoms with Crippen LogP contribution in [0.15, 0.2) is 24.3 Å². The van der Waals surface area contributed by atoms with Crippen LogP contribution in [0, 0.1) is 19.7 Å². The number of nitrogens with zero attached hydrogens (tertiary/aromatic N) is 2. The molecular weight excluding hydrogens is 237 g/mol. The molecule has 0 saturated carbocycles. The summed E-state index contributed by atoms with van der Waals surface area (Å²) in [6.07, 6.45) is 0. The highest BCUT2D eigenvalue weighted by molar-refractivity contribution is 7.80. The summed E-state index contributed by atoms with van der Waals surface area (Å²) in [4.78, 5) is 0.184. The molecule has 0 fully saturated rings. The van der Waals surface area contributed by atoms with Crippen molar-refractivity contribution in [2.24, 2.45) is 5.73 Å². The van der Waals surface area contributed by atoms with Crippen molar-refractivity contribution in [1.82, 2.24) is 9.78 Å². The van der Waals surface area contributed by atoms with Crippen LogP contribution in [0.1, 0.15) is 17.0 Å². The standard InChI is InChI=1S/C12H12FN3S/c1-7-5-8(2)16(15-7)11-4-3-9(12(14)17)6-10(11)13/h3-6H,1-2H3,(H2,14,17). The van der Waals surface area contributed by atoms with Crippen LogP contribution in [0.4, 0.5) is 4.39 Å². The summed E-state index contributed by atoms with van der Waals surface area (Å²) in [5.74, 6) is -0.387. The molecule has 0 aliphatic heterocycles. The molecule has 0 radical (unpaired) electrons. The molecule has 0 spiro atoms. The maximum Gasteiger partial charge on any atom is 0.149 e. The van der Waals surface area contributed by atoms with E-state index in [1.165, 1.54) is 6.07 Å². The molecular formula is C12H12FN3S. The van der Waals surface area contributed by atoms with Crippen LogP contribution in [0.2, 0.25) is 0 Å². The molecule has 0 unspecified atom stereocenters. The second-order valence-electron chi connectivity index (χ2n) is 3.87. The summed E-state index contributed by atoms with van der Waals surface area (Å²) in [7, 11) is 0. The van der Waals surface area contributed by atoms with Gasteiger partial charge < -0.3 is 5.73 Å². The maximum atomic E-state index is 13.9. The Balaban J connectivity index is 2.54. The van der Waals surface area contributed by atoms with Crippen LogP contribution >= 0.6 is 12.2 Å². The van der Waals surface area contributed by atoms with Gasteiger partial charge in [0.15, 0.2) is 0 Å². The Bertz CT molecular complexity index is 589. The van der Waals surface area contributed by atoms with Crippen molar-refractivity contribution in [1.29, 1.82) is 0 Å².